The van der Waals surface area contributed by atoms with Crippen LogP contribution in [0.2, 0.25) is 0 Å². The highest BCUT2D eigenvalue weighted by molar-refractivity contribution is 6.04. The number of unbranched alkanes of at least 4 members (excludes halogenated alkanes) is 1. The number of nitrogens with two attached hydrogens (primary N) is 1. The second-order valence-electron chi connectivity index (χ2n) is 9.14. The second kappa shape index (κ2) is 10.6. The molecule has 1 saturated heterocycles. The van der Waals surface area contributed by atoms with E-state index in [-0.39, 0.29) is 36.9 Å². The molecule has 0 saturated carbocycles. The van der Waals surface area contributed by atoms with Crippen molar-refractivity contribution in [3.8, 4) is 0 Å². The number of aromatic amines is 1. The molecular formula is C27H31N5O4. The van der Waals surface area contributed by atoms with Crippen LogP contribution in [0.15, 0.2) is 64.2 Å². The van der Waals surface area contributed by atoms with Crippen LogP contribution in [-0.4, -0.2) is 35.0 Å². The number of aromatic nitrogens is 2. The highest BCUT2D eigenvalue weighted by Gasteiger charge is 2.38. The zero-order chi connectivity index (χ0) is 25.8. The van der Waals surface area contributed by atoms with E-state index in [1.54, 1.807) is 4.90 Å². The van der Waals surface area contributed by atoms with Crippen LogP contribution < -0.4 is 26.8 Å². The maximum absolute atomic E-state index is 13.4. The van der Waals surface area contributed by atoms with E-state index in [2.05, 4.69) is 11.9 Å². The van der Waals surface area contributed by atoms with Crippen LogP contribution in [-0.2, 0) is 22.6 Å². The Morgan fingerprint density at radius 3 is 2.42 bits per heavy atom. The van der Waals surface area contributed by atoms with Gasteiger partial charge in [-0.2, -0.15) is 0 Å². The standard InChI is InChI=1S/C27H31N5O4/c1-3-4-8-18-11-13-21(14-12-18)31-17-20(15-22(31)33)26(35)30(2)23-24(28)32(27(36)29-25(23)34)16-19-9-6-5-7-10-19/h5-7,9-14,20H,3-4,8,15-17,28H2,1-2H3,(H,29,34,36). The molecule has 0 radical (unpaired) electrons. The average molecular weight is 490 g/mol. The summed E-state index contributed by atoms with van der Waals surface area (Å²) in [5.41, 5.74) is 7.49. The summed E-state index contributed by atoms with van der Waals surface area (Å²) in [7, 11) is 1.44. The van der Waals surface area contributed by atoms with Gasteiger partial charge in [-0.05, 0) is 36.1 Å². The molecule has 3 N–H and O–H groups in total. The minimum absolute atomic E-state index is 0.0300. The smallest absolute Gasteiger partial charge is 0.330 e. The van der Waals surface area contributed by atoms with Gasteiger partial charge >= 0.3 is 5.69 Å². The van der Waals surface area contributed by atoms with E-state index in [0.29, 0.717) is 0 Å². The Morgan fingerprint density at radius 1 is 1.06 bits per heavy atom. The molecule has 9 heteroatoms. The number of carbonyl (C=O) groups excluding carboxylic acids is 2. The molecule has 2 aromatic carbocycles. The molecule has 36 heavy (non-hydrogen) atoms. The van der Waals surface area contributed by atoms with Crippen LogP contribution in [0.1, 0.15) is 37.3 Å². The van der Waals surface area contributed by atoms with E-state index in [1.165, 1.54) is 17.2 Å². The summed E-state index contributed by atoms with van der Waals surface area (Å²) >= 11 is 0. The first kappa shape index (κ1) is 25.0. The number of H-pyrrole nitrogens is 1. The molecule has 1 atom stereocenters. The quantitative estimate of drug-likeness (QED) is 0.504. The molecule has 1 aliphatic heterocycles. The fourth-order valence-corrected chi connectivity index (χ4v) is 4.55. The summed E-state index contributed by atoms with van der Waals surface area (Å²) in [6, 6.07) is 17.0. The molecule has 2 amide bonds. The zero-order valence-electron chi connectivity index (χ0n) is 20.6. The number of hydrogen-bond acceptors (Lipinski definition) is 5. The Hall–Kier alpha value is -4.14. The van der Waals surface area contributed by atoms with Crippen molar-refractivity contribution in [1.29, 1.82) is 0 Å². The summed E-state index contributed by atoms with van der Waals surface area (Å²) in [5.74, 6) is -1.31. The Bertz CT molecular complexity index is 1360. The van der Waals surface area contributed by atoms with Gasteiger partial charge in [-0.25, -0.2) is 4.79 Å². The van der Waals surface area contributed by atoms with Gasteiger partial charge < -0.3 is 15.5 Å². The number of anilines is 3. The van der Waals surface area contributed by atoms with E-state index < -0.39 is 23.1 Å². The number of benzene rings is 2. The van der Waals surface area contributed by atoms with Gasteiger partial charge in [-0.3, -0.25) is 23.9 Å². The lowest BCUT2D eigenvalue weighted by atomic mass is 10.1. The van der Waals surface area contributed by atoms with E-state index >= 15 is 0 Å². The third-order valence-electron chi connectivity index (χ3n) is 6.60. The number of aryl methyl sites for hydroxylation is 1. The molecule has 9 nitrogen and oxygen atoms in total. The lowest BCUT2D eigenvalue weighted by molar-refractivity contribution is -0.124. The Morgan fingerprint density at radius 2 is 1.75 bits per heavy atom. The molecule has 3 aromatic rings. The van der Waals surface area contributed by atoms with Gasteiger partial charge in [-0.15, -0.1) is 0 Å². The maximum atomic E-state index is 13.4. The van der Waals surface area contributed by atoms with Crippen LogP contribution in [0.3, 0.4) is 0 Å². The van der Waals surface area contributed by atoms with Crippen LogP contribution in [0.4, 0.5) is 17.2 Å². The van der Waals surface area contributed by atoms with Gasteiger partial charge in [0.05, 0.1) is 12.5 Å². The van der Waals surface area contributed by atoms with Crippen molar-refractivity contribution in [1.82, 2.24) is 9.55 Å². The van der Waals surface area contributed by atoms with Gasteiger partial charge in [0.2, 0.25) is 11.8 Å². The van der Waals surface area contributed by atoms with E-state index in [1.807, 2.05) is 54.6 Å². The molecule has 0 spiro atoms. The summed E-state index contributed by atoms with van der Waals surface area (Å²) in [4.78, 5) is 56.3. The third kappa shape index (κ3) is 5.10. The summed E-state index contributed by atoms with van der Waals surface area (Å²) in [6.07, 6.45) is 3.23. The summed E-state index contributed by atoms with van der Waals surface area (Å²) < 4.78 is 1.22. The van der Waals surface area contributed by atoms with Crippen LogP contribution >= 0.6 is 0 Å². The van der Waals surface area contributed by atoms with Crippen molar-refractivity contribution in [2.75, 3.05) is 29.1 Å². The first-order valence-electron chi connectivity index (χ1n) is 12.1. The molecular weight excluding hydrogens is 458 g/mol. The summed E-state index contributed by atoms with van der Waals surface area (Å²) in [6.45, 7) is 2.49. The van der Waals surface area contributed by atoms with Crippen molar-refractivity contribution in [2.45, 2.75) is 39.2 Å². The highest BCUT2D eigenvalue weighted by atomic mass is 16.2. The van der Waals surface area contributed by atoms with E-state index in [4.69, 9.17) is 5.73 Å². The zero-order valence-corrected chi connectivity index (χ0v) is 20.6. The molecule has 0 bridgehead atoms. The third-order valence-corrected chi connectivity index (χ3v) is 6.60. The molecule has 1 aliphatic rings. The molecule has 4 rings (SSSR count). The largest absolute Gasteiger partial charge is 0.383 e. The minimum Gasteiger partial charge on any atom is -0.383 e. The Balaban J connectivity index is 1.54. The van der Waals surface area contributed by atoms with Crippen molar-refractivity contribution in [3.05, 3.63) is 86.6 Å². The van der Waals surface area contributed by atoms with Crippen LogP contribution in [0.5, 0.6) is 0 Å². The van der Waals surface area contributed by atoms with Crippen molar-refractivity contribution in [2.24, 2.45) is 5.92 Å². The van der Waals surface area contributed by atoms with E-state index in [9.17, 15) is 19.2 Å². The summed E-state index contributed by atoms with van der Waals surface area (Å²) in [5, 5.41) is 0. The predicted octanol–water partition coefficient (Wildman–Crippen LogP) is 2.53. The molecule has 1 fully saturated rings. The fourth-order valence-electron chi connectivity index (χ4n) is 4.55. The normalized spacial score (nSPS) is 15.3. The first-order chi connectivity index (χ1) is 17.3. The number of nitrogens with one attached hydrogen (secondary N) is 1. The minimum atomic E-state index is -0.749. The topological polar surface area (TPSA) is 122 Å². The predicted molar refractivity (Wildman–Crippen MR) is 140 cm³/mol. The Kier molecular flexibility index (Phi) is 7.38. The SMILES string of the molecule is CCCCc1ccc(N2CC(C(=O)N(C)c3c(N)n(Cc4ccccc4)c(=O)[nH]c3=O)CC2=O)cc1. The van der Waals surface area contributed by atoms with E-state index in [0.717, 1.165) is 35.4 Å². The fraction of sp³-hybridized carbons (Fsp3) is 0.333. The number of carbonyl (C=O) groups is 2. The van der Waals surface area contributed by atoms with Crippen molar-refractivity contribution < 1.29 is 9.59 Å². The van der Waals surface area contributed by atoms with Crippen LogP contribution in [0, 0.1) is 5.92 Å². The molecule has 0 aliphatic carbocycles. The molecule has 2 heterocycles. The van der Waals surface area contributed by atoms with Gasteiger partial charge in [0, 0.05) is 25.7 Å². The maximum Gasteiger partial charge on any atom is 0.330 e. The number of rotatable bonds is 8. The number of amides is 2. The van der Waals surface area contributed by atoms with Gasteiger partial charge in [-0.1, -0.05) is 55.8 Å². The number of nitrogen functional groups attached to an aromatic ring is 1. The number of hydrogen-bond donors (Lipinski definition) is 2. The van der Waals surface area contributed by atoms with Gasteiger partial charge in [0.25, 0.3) is 5.56 Å². The monoisotopic (exact) mass is 489 g/mol. The second-order valence-corrected chi connectivity index (χ2v) is 9.14. The highest BCUT2D eigenvalue weighted by Crippen LogP contribution is 2.28. The van der Waals surface area contributed by atoms with Gasteiger partial charge in [0.15, 0.2) is 5.69 Å². The average Bonchev–Trinajstić information content (AvgIpc) is 3.27. The first-order valence-corrected chi connectivity index (χ1v) is 12.1. The lowest BCUT2D eigenvalue weighted by Crippen LogP contribution is -2.42. The van der Waals surface area contributed by atoms with Crippen molar-refractivity contribution in [3.63, 3.8) is 0 Å². The number of nitrogens with zero attached hydrogens (tertiary/aromatic N) is 3. The lowest BCUT2D eigenvalue weighted by Gasteiger charge is -2.23. The Labute approximate surface area is 209 Å². The molecule has 188 valence electrons. The van der Waals surface area contributed by atoms with Crippen LogP contribution in [0.25, 0.3) is 0 Å². The molecule has 1 aromatic heterocycles. The molecule has 1 unspecified atom stereocenters. The van der Waals surface area contributed by atoms with Gasteiger partial charge in [0.1, 0.15) is 5.82 Å². The van der Waals surface area contributed by atoms with Crippen molar-refractivity contribution >= 4 is 29.0 Å².